The van der Waals surface area contributed by atoms with Crippen LogP contribution in [0.25, 0.3) is 33.5 Å². The van der Waals surface area contributed by atoms with E-state index in [1.165, 1.54) is 0 Å². The third-order valence-corrected chi connectivity index (χ3v) is 7.31. The van der Waals surface area contributed by atoms with E-state index in [2.05, 4.69) is 69.6 Å². The maximum atomic E-state index is 6.08. The van der Waals surface area contributed by atoms with Crippen LogP contribution in [0.4, 0.5) is 23.5 Å². The maximum absolute atomic E-state index is 6.08. The molecule has 0 aliphatic carbocycles. The third kappa shape index (κ3) is 6.16. The van der Waals surface area contributed by atoms with Gasteiger partial charge in [0.15, 0.2) is 17.5 Å². The van der Waals surface area contributed by atoms with Crippen molar-refractivity contribution < 1.29 is 0 Å². The number of nitrogens with two attached hydrogens (primary N) is 2. The van der Waals surface area contributed by atoms with E-state index >= 15 is 0 Å². The lowest BCUT2D eigenvalue weighted by atomic mass is 10.1. The van der Waals surface area contributed by atoms with Crippen LogP contribution in [0.2, 0.25) is 0 Å². The first-order valence-electron chi connectivity index (χ1n) is 14.8. The average Bonchev–Trinajstić information content (AvgIpc) is 3.74. The SMILES string of the molecule is CCCC[C@@H](Nc1nc(N)nc2ccc(-c3cnc([C@@H](CCCC)Nc4nc(N)nc5cccnc45)[nH]3)nc12)c1nnc[nH]1. The Kier molecular flexibility index (Phi) is 8.34. The molecule has 6 heterocycles. The molecule has 6 aromatic rings. The van der Waals surface area contributed by atoms with Crippen molar-refractivity contribution in [2.24, 2.45) is 0 Å². The fraction of sp³-hybridized carbons (Fsp3) is 0.345. The van der Waals surface area contributed by atoms with Crippen molar-refractivity contribution in [2.75, 3.05) is 22.1 Å². The van der Waals surface area contributed by atoms with Crippen LogP contribution in [0.15, 0.2) is 43.0 Å². The van der Waals surface area contributed by atoms with Gasteiger partial charge in [0.25, 0.3) is 0 Å². The van der Waals surface area contributed by atoms with E-state index in [-0.39, 0.29) is 24.0 Å². The van der Waals surface area contributed by atoms with Gasteiger partial charge >= 0.3 is 0 Å². The van der Waals surface area contributed by atoms with Gasteiger partial charge < -0.3 is 32.1 Å². The number of imidazole rings is 1. The van der Waals surface area contributed by atoms with Gasteiger partial charge in [-0.15, -0.1) is 10.2 Å². The number of H-pyrrole nitrogens is 2. The predicted octanol–water partition coefficient (Wildman–Crippen LogP) is 4.72. The number of fused-ring (bicyclic) bond motifs is 2. The molecule has 226 valence electrons. The Morgan fingerprint density at radius 1 is 0.773 bits per heavy atom. The largest absolute Gasteiger partial charge is 0.368 e. The second-order valence-electron chi connectivity index (χ2n) is 10.5. The lowest BCUT2D eigenvalue weighted by Crippen LogP contribution is -2.15. The fourth-order valence-corrected chi connectivity index (χ4v) is 5.10. The highest BCUT2D eigenvalue weighted by atomic mass is 15.2. The molecule has 44 heavy (non-hydrogen) atoms. The predicted molar refractivity (Wildman–Crippen MR) is 169 cm³/mol. The average molecular weight is 594 g/mol. The minimum Gasteiger partial charge on any atom is -0.368 e. The minimum absolute atomic E-state index is 0.147. The number of unbranched alkanes of at least 4 members (excludes halogenated alkanes) is 2. The summed E-state index contributed by atoms with van der Waals surface area (Å²) < 4.78 is 0. The number of aromatic amines is 2. The number of hydrogen-bond acceptors (Lipinski definition) is 13. The molecule has 0 saturated carbocycles. The summed E-state index contributed by atoms with van der Waals surface area (Å²) in [6.07, 6.45) is 10.7. The van der Waals surface area contributed by atoms with Crippen LogP contribution in [-0.2, 0) is 0 Å². The van der Waals surface area contributed by atoms with Gasteiger partial charge in [-0.05, 0) is 37.1 Å². The summed E-state index contributed by atoms with van der Waals surface area (Å²) in [6.45, 7) is 4.30. The zero-order valence-electron chi connectivity index (χ0n) is 24.6. The van der Waals surface area contributed by atoms with Gasteiger partial charge in [-0.1, -0.05) is 39.5 Å². The zero-order valence-corrected chi connectivity index (χ0v) is 24.6. The molecule has 0 radical (unpaired) electrons. The van der Waals surface area contributed by atoms with Gasteiger partial charge in [-0.25, -0.2) is 19.9 Å². The summed E-state index contributed by atoms with van der Waals surface area (Å²) in [5, 5.41) is 15.2. The van der Waals surface area contributed by atoms with Crippen molar-refractivity contribution in [3.8, 4) is 11.4 Å². The Morgan fingerprint density at radius 2 is 1.45 bits per heavy atom. The van der Waals surface area contributed by atoms with Crippen LogP contribution in [0.3, 0.4) is 0 Å². The van der Waals surface area contributed by atoms with Crippen molar-refractivity contribution in [1.82, 2.24) is 55.1 Å². The number of rotatable bonds is 13. The van der Waals surface area contributed by atoms with Crippen LogP contribution < -0.4 is 22.1 Å². The zero-order chi connectivity index (χ0) is 30.5. The van der Waals surface area contributed by atoms with E-state index in [0.29, 0.717) is 39.4 Å². The fourth-order valence-electron chi connectivity index (χ4n) is 5.10. The van der Waals surface area contributed by atoms with Gasteiger partial charge in [0.2, 0.25) is 11.9 Å². The van der Waals surface area contributed by atoms with E-state index in [1.807, 2.05) is 24.3 Å². The summed E-state index contributed by atoms with van der Waals surface area (Å²) in [7, 11) is 0. The van der Waals surface area contributed by atoms with Crippen LogP contribution >= 0.6 is 0 Å². The van der Waals surface area contributed by atoms with Gasteiger partial charge in [0.05, 0.1) is 40.7 Å². The van der Waals surface area contributed by atoms with E-state index in [1.54, 1.807) is 18.7 Å². The molecule has 2 atom stereocenters. The number of hydrogen-bond donors (Lipinski definition) is 6. The molecule has 0 bridgehead atoms. The van der Waals surface area contributed by atoms with Gasteiger partial charge in [0, 0.05) is 6.20 Å². The molecule has 0 aromatic carbocycles. The first kappa shape index (κ1) is 28.6. The van der Waals surface area contributed by atoms with Crippen LogP contribution in [0.5, 0.6) is 0 Å². The van der Waals surface area contributed by atoms with Crippen molar-refractivity contribution in [1.29, 1.82) is 0 Å². The summed E-state index contributed by atoms with van der Waals surface area (Å²) in [5.74, 6) is 2.88. The lowest BCUT2D eigenvalue weighted by molar-refractivity contribution is 0.606. The smallest absolute Gasteiger partial charge is 0.222 e. The van der Waals surface area contributed by atoms with Crippen molar-refractivity contribution >= 4 is 45.6 Å². The highest BCUT2D eigenvalue weighted by Crippen LogP contribution is 2.30. The Bertz CT molecular complexity index is 1850. The number of nitrogens with zero attached hydrogens (tertiary/aromatic N) is 9. The first-order valence-corrected chi connectivity index (χ1v) is 14.8. The van der Waals surface area contributed by atoms with Gasteiger partial charge in [0.1, 0.15) is 23.2 Å². The molecule has 0 aliphatic rings. The molecule has 0 unspecified atom stereocenters. The Morgan fingerprint density at radius 3 is 2.14 bits per heavy atom. The maximum Gasteiger partial charge on any atom is 0.222 e. The number of anilines is 4. The second-order valence-corrected chi connectivity index (χ2v) is 10.5. The Balaban J connectivity index is 1.32. The Labute approximate surface area is 253 Å². The molecule has 0 aliphatic heterocycles. The molecule has 0 spiro atoms. The molecular weight excluding hydrogens is 558 g/mol. The number of nitrogens with one attached hydrogen (secondary N) is 4. The van der Waals surface area contributed by atoms with E-state index in [9.17, 15) is 0 Å². The molecule has 8 N–H and O–H groups in total. The van der Waals surface area contributed by atoms with Crippen molar-refractivity contribution in [2.45, 2.75) is 64.5 Å². The molecule has 6 rings (SSSR count). The van der Waals surface area contributed by atoms with Gasteiger partial charge in [-0.3, -0.25) is 4.98 Å². The highest BCUT2D eigenvalue weighted by Gasteiger charge is 2.21. The molecule has 0 saturated heterocycles. The van der Waals surface area contributed by atoms with E-state index < -0.39 is 0 Å². The van der Waals surface area contributed by atoms with E-state index in [4.69, 9.17) is 21.4 Å². The van der Waals surface area contributed by atoms with Crippen molar-refractivity contribution in [3.05, 3.63) is 54.6 Å². The normalized spacial score (nSPS) is 12.9. The van der Waals surface area contributed by atoms with Crippen LogP contribution in [0, 0.1) is 0 Å². The van der Waals surface area contributed by atoms with E-state index in [0.717, 1.165) is 55.9 Å². The summed E-state index contributed by atoms with van der Waals surface area (Å²) in [6, 6.07) is 7.13. The standard InChI is InChI=1S/C29H35N15/c1-3-5-8-19(37-26-22-17(10-7-13-32-22)40-28(30)42-26)24-33-14-21(39-24)16-11-12-18-23(36-16)27(43-29(31)41-18)38-20(9-6-4-2)25-34-15-35-44-25/h7,10-15,19-20H,3-6,8-9H2,1-2H3,(H,33,39)(H,34,35,44)(H3,30,37,40,42)(H3,31,38,41,43)/t19-,20-/m1/s1. The summed E-state index contributed by atoms with van der Waals surface area (Å²) in [5.41, 5.74) is 16.1. The molecule has 6 aromatic heterocycles. The molecular formula is C29H35N15. The monoisotopic (exact) mass is 593 g/mol. The highest BCUT2D eigenvalue weighted by molar-refractivity contribution is 5.88. The Hall–Kier alpha value is -5.47. The third-order valence-electron chi connectivity index (χ3n) is 7.31. The van der Waals surface area contributed by atoms with Crippen LogP contribution in [-0.4, -0.2) is 55.1 Å². The number of pyridine rings is 2. The number of aromatic nitrogens is 11. The molecule has 0 amide bonds. The summed E-state index contributed by atoms with van der Waals surface area (Å²) >= 11 is 0. The minimum atomic E-state index is -0.176. The molecule has 0 fully saturated rings. The second kappa shape index (κ2) is 12.8. The first-order chi connectivity index (χ1) is 21.5. The van der Waals surface area contributed by atoms with Crippen molar-refractivity contribution in [3.63, 3.8) is 0 Å². The molecule has 15 nitrogen and oxygen atoms in total. The lowest BCUT2D eigenvalue weighted by Gasteiger charge is -2.18. The topological polar surface area (TPSA) is 224 Å². The van der Waals surface area contributed by atoms with Crippen LogP contribution in [0.1, 0.15) is 76.1 Å². The number of nitrogen functional groups attached to an aromatic ring is 2. The summed E-state index contributed by atoms with van der Waals surface area (Å²) in [4.78, 5) is 38.4. The molecule has 15 heteroatoms. The van der Waals surface area contributed by atoms with Gasteiger partial charge in [-0.2, -0.15) is 9.97 Å². The quantitative estimate of drug-likeness (QED) is 0.107.